The molecular weight excluding hydrogens is 440 g/mol. The number of ketones is 1. The lowest BCUT2D eigenvalue weighted by molar-refractivity contribution is -0.137. The number of aliphatic carboxylic acids is 1. The van der Waals surface area contributed by atoms with Crippen molar-refractivity contribution in [3.8, 4) is 0 Å². The molecule has 0 aliphatic rings. The van der Waals surface area contributed by atoms with E-state index in [0.717, 1.165) is 35.0 Å². The quantitative estimate of drug-likeness (QED) is 0.179. The van der Waals surface area contributed by atoms with Crippen molar-refractivity contribution in [1.29, 1.82) is 0 Å². The lowest BCUT2D eigenvalue weighted by Crippen LogP contribution is -2.11. The van der Waals surface area contributed by atoms with Crippen LogP contribution in [0.1, 0.15) is 54.2 Å². The van der Waals surface area contributed by atoms with Crippen LogP contribution in [0, 0.1) is 12.5 Å². The second-order valence-corrected chi connectivity index (χ2v) is 8.73. The molecule has 0 bridgehead atoms. The Morgan fingerprint density at radius 1 is 1.18 bits per heavy atom. The van der Waals surface area contributed by atoms with E-state index in [1.807, 2.05) is 30.3 Å². The fraction of sp³-hybridized carbons (Fsp3) is 0.346. The van der Waals surface area contributed by atoms with Crippen molar-refractivity contribution in [2.24, 2.45) is 5.92 Å². The number of halogens is 1. The third-order valence-corrected chi connectivity index (χ3v) is 5.68. The summed E-state index contributed by atoms with van der Waals surface area (Å²) < 4.78 is 5.74. The first-order valence-corrected chi connectivity index (χ1v) is 11.3. The summed E-state index contributed by atoms with van der Waals surface area (Å²) in [4.78, 5) is 30.9. The number of fused-ring (bicyclic) bond motifs is 1. The number of benzene rings is 2. The molecule has 1 aromatic heterocycles. The predicted molar refractivity (Wildman–Crippen MR) is 129 cm³/mol. The Hall–Kier alpha value is -3.14. The molecule has 3 rings (SSSR count). The minimum atomic E-state index is -0.914. The average Bonchev–Trinajstić information content (AvgIpc) is 3.13. The number of hydrogen-bond acceptors (Lipinski definition) is 3. The van der Waals surface area contributed by atoms with Crippen LogP contribution in [0.3, 0.4) is 0 Å². The SMILES string of the molecule is [C-]#[N+]c1ccc2[nH]c(CCCCOCc3cccc(Cl)c3)c(C(=O)C[C@H](C)CC(=O)O)c2c1. The summed E-state index contributed by atoms with van der Waals surface area (Å²) in [7, 11) is 0. The molecule has 2 aromatic carbocycles. The minimum absolute atomic E-state index is 0.0549. The Kier molecular flexibility index (Phi) is 8.65. The van der Waals surface area contributed by atoms with Gasteiger partial charge in [0.25, 0.3) is 0 Å². The fourth-order valence-electron chi connectivity index (χ4n) is 3.92. The lowest BCUT2D eigenvalue weighted by Gasteiger charge is -2.09. The van der Waals surface area contributed by atoms with Crippen molar-refractivity contribution >= 4 is 39.9 Å². The van der Waals surface area contributed by atoms with Crippen LogP contribution in [-0.4, -0.2) is 28.4 Å². The highest BCUT2D eigenvalue weighted by molar-refractivity contribution is 6.30. The first kappa shape index (κ1) is 24.5. The molecule has 0 saturated carbocycles. The van der Waals surface area contributed by atoms with E-state index in [0.29, 0.717) is 35.9 Å². The van der Waals surface area contributed by atoms with Crippen LogP contribution in [-0.2, 0) is 22.6 Å². The van der Waals surface area contributed by atoms with Gasteiger partial charge in [-0.2, -0.15) is 0 Å². The van der Waals surface area contributed by atoms with Crippen molar-refractivity contribution in [2.75, 3.05) is 6.61 Å². The molecule has 2 N–H and O–H groups in total. The topological polar surface area (TPSA) is 83.8 Å². The van der Waals surface area contributed by atoms with Crippen LogP contribution in [0.25, 0.3) is 15.7 Å². The summed E-state index contributed by atoms with van der Waals surface area (Å²) in [5.41, 5.74) is 3.71. The van der Waals surface area contributed by atoms with Gasteiger partial charge in [0.15, 0.2) is 11.5 Å². The molecule has 0 spiro atoms. The monoisotopic (exact) mass is 466 g/mol. The number of H-pyrrole nitrogens is 1. The molecule has 1 heterocycles. The van der Waals surface area contributed by atoms with E-state index in [1.165, 1.54) is 0 Å². The summed E-state index contributed by atoms with van der Waals surface area (Å²) in [6.07, 6.45) is 2.41. The second kappa shape index (κ2) is 11.6. The molecule has 6 nitrogen and oxygen atoms in total. The molecule has 0 fully saturated rings. The van der Waals surface area contributed by atoms with Gasteiger partial charge in [0.2, 0.25) is 0 Å². The van der Waals surface area contributed by atoms with Crippen LogP contribution in [0.2, 0.25) is 5.02 Å². The summed E-state index contributed by atoms with van der Waals surface area (Å²) >= 11 is 5.99. The number of nitrogens with one attached hydrogen (secondary N) is 1. The zero-order valence-electron chi connectivity index (χ0n) is 18.6. The number of unbranched alkanes of at least 4 members (excludes halogenated alkanes) is 1. The predicted octanol–water partition coefficient (Wildman–Crippen LogP) is 6.60. The van der Waals surface area contributed by atoms with Crippen molar-refractivity contribution < 1.29 is 19.4 Å². The Bertz CT molecular complexity index is 1180. The Morgan fingerprint density at radius 2 is 2.00 bits per heavy atom. The summed E-state index contributed by atoms with van der Waals surface area (Å²) in [6, 6.07) is 12.8. The standard InChI is InChI=1S/C26H27ClN2O4/c1-17(13-25(31)32)12-24(30)26-21-15-20(28-2)9-10-22(21)29-23(26)8-3-4-11-33-16-18-6-5-7-19(27)14-18/h5-7,9-10,14-15,17,29H,3-4,8,11-13,16H2,1H3,(H,31,32)/t17-/m0/s1. The number of ether oxygens (including phenoxy) is 1. The third kappa shape index (κ3) is 6.92. The molecule has 33 heavy (non-hydrogen) atoms. The number of aryl methyl sites for hydroxylation is 1. The number of Topliss-reactive ketones (excluding diaryl/α,β-unsaturated/α-hetero) is 1. The first-order valence-electron chi connectivity index (χ1n) is 11.0. The van der Waals surface area contributed by atoms with Crippen LogP contribution in [0.15, 0.2) is 42.5 Å². The van der Waals surface area contributed by atoms with Crippen molar-refractivity contribution in [3.63, 3.8) is 0 Å². The number of carbonyl (C=O) groups is 2. The molecule has 1 atom stereocenters. The molecule has 3 aromatic rings. The summed E-state index contributed by atoms with van der Waals surface area (Å²) in [5, 5.41) is 10.4. The van der Waals surface area contributed by atoms with Gasteiger partial charge >= 0.3 is 5.97 Å². The van der Waals surface area contributed by atoms with E-state index in [2.05, 4.69) is 9.83 Å². The van der Waals surface area contributed by atoms with Crippen LogP contribution in [0.4, 0.5) is 5.69 Å². The highest BCUT2D eigenvalue weighted by Gasteiger charge is 2.21. The van der Waals surface area contributed by atoms with Gasteiger partial charge in [0, 0.05) is 46.6 Å². The van der Waals surface area contributed by atoms with Gasteiger partial charge < -0.3 is 14.8 Å². The fourth-order valence-corrected chi connectivity index (χ4v) is 4.14. The molecule has 0 saturated heterocycles. The highest BCUT2D eigenvalue weighted by Crippen LogP contribution is 2.30. The number of rotatable bonds is 12. The Morgan fingerprint density at radius 3 is 2.73 bits per heavy atom. The average molecular weight is 467 g/mol. The number of aromatic amines is 1. The van der Waals surface area contributed by atoms with E-state index >= 15 is 0 Å². The van der Waals surface area contributed by atoms with Gasteiger partial charge in [-0.25, -0.2) is 4.85 Å². The van der Waals surface area contributed by atoms with E-state index in [1.54, 1.807) is 19.1 Å². The number of carbonyl (C=O) groups excluding carboxylic acids is 1. The molecule has 7 heteroatoms. The maximum atomic E-state index is 13.1. The number of carboxylic acids is 1. The molecule has 172 valence electrons. The second-order valence-electron chi connectivity index (χ2n) is 8.29. The van der Waals surface area contributed by atoms with Crippen molar-refractivity contribution in [2.45, 2.75) is 45.6 Å². The van der Waals surface area contributed by atoms with Crippen LogP contribution < -0.4 is 0 Å². The van der Waals surface area contributed by atoms with Crippen LogP contribution >= 0.6 is 11.6 Å². The van der Waals surface area contributed by atoms with E-state index in [9.17, 15) is 9.59 Å². The zero-order valence-corrected chi connectivity index (χ0v) is 19.3. The molecule has 0 radical (unpaired) electrons. The van der Waals surface area contributed by atoms with Gasteiger partial charge in [0.05, 0.1) is 13.2 Å². The van der Waals surface area contributed by atoms with Gasteiger partial charge in [-0.1, -0.05) is 36.7 Å². The van der Waals surface area contributed by atoms with Crippen LogP contribution in [0.5, 0.6) is 0 Å². The Labute approximate surface area is 198 Å². The van der Waals surface area contributed by atoms with Crippen molar-refractivity contribution in [1.82, 2.24) is 4.98 Å². The van der Waals surface area contributed by atoms with Gasteiger partial charge in [0.1, 0.15) is 0 Å². The maximum Gasteiger partial charge on any atom is 0.303 e. The third-order valence-electron chi connectivity index (χ3n) is 5.45. The summed E-state index contributed by atoms with van der Waals surface area (Å²) in [6.45, 7) is 10.1. The normalized spacial score (nSPS) is 11.9. The molecule has 0 amide bonds. The van der Waals surface area contributed by atoms with E-state index < -0.39 is 5.97 Å². The smallest absolute Gasteiger partial charge is 0.303 e. The highest BCUT2D eigenvalue weighted by atomic mass is 35.5. The Balaban J connectivity index is 1.65. The van der Waals surface area contributed by atoms with E-state index in [4.69, 9.17) is 28.0 Å². The molecule has 0 aliphatic heterocycles. The minimum Gasteiger partial charge on any atom is -0.481 e. The number of nitrogens with zero attached hydrogens (tertiary/aromatic N) is 1. The molecule has 0 aliphatic carbocycles. The molecule has 0 unspecified atom stereocenters. The van der Waals surface area contributed by atoms with Gasteiger partial charge in [-0.15, -0.1) is 0 Å². The summed E-state index contributed by atoms with van der Waals surface area (Å²) in [5.74, 6) is -1.27. The first-order chi connectivity index (χ1) is 15.9. The number of carboxylic acid groups (broad SMARTS) is 1. The molecular formula is C26H27ClN2O4. The van der Waals surface area contributed by atoms with Crippen molar-refractivity contribution in [3.05, 3.63) is 75.7 Å². The van der Waals surface area contributed by atoms with Gasteiger partial charge in [-0.3, -0.25) is 9.59 Å². The number of hydrogen-bond donors (Lipinski definition) is 2. The van der Waals surface area contributed by atoms with E-state index in [-0.39, 0.29) is 24.5 Å². The maximum absolute atomic E-state index is 13.1. The largest absolute Gasteiger partial charge is 0.481 e. The lowest BCUT2D eigenvalue weighted by atomic mass is 9.94. The number of aromatic nitrogens is 1. The van der Waals surface area contributed by atoms with Gasteiger partial charge in [-0.05, 0) is 55.0 Å². The zero-order chi connectivity index (χ0) is 23.8.